The molecule has 0 aromatic heterocycles. The van der Waals surface area contributed by atoms with E-state index in [0.717, 1.165) is 33.8 Å². The highest BCUT2D eigenvalue weighted by molar-refractivity contribution is 6.01. The van der Waals surface area contributed by atoms with E-state index in [1.165, 1.54) is 17.2 Å². The van der Waals surface area contributed by atoms with Gasteiger partial charge in [-0.2, -0.15) is 0 Å². The van der Waals surface area contributed by atoms with Gasteiger partial charge < -0.3 is 18.9 Å². The molecule has 0 unspecified atom stereocenters. The van der Waals surface area contributed by atoms with Crippen LogP contribution >= 0.6 is 0 Å². The van der Waals surface area contributed by atoms with Crippen molar-refractivity contribution in [2.24, 2.45) is 0 Å². The molecule has 5 heteroatoms. The van der Waals surface area contributed by atoms with Crippen molar-refractivity contribution in [2.75, 3.05) is 6.61 Å². The largest absolute Gasteiger partial charge is 0.491 e. The van der Waals surface area contributed by atoms with Gasteiger partial charge in [-0.25, -0.2) is 4.79 Å². The molecular formula is C36H32O5. The SMILES string of the molecule is Cc1ccc(OC[C@H]2O[C@@H](/C=C3\OC(=O)C=C3c3ccc(-c4ccccc4)cc3)C[C@@H]2Oc2ccc(C)cc2)cc1. The first-order chi connectivity index (χ1) is 20.0. The van der Waals surface area contributed by atoms with Gasteiger partial charge in [0.15, 0.2) is 0 Å². The molecule has 0 saturated carbocycles. The predicted octanol–water partition coefficient (Wildman–Crippen LogP) is 7.48. The van der Waals surface area contributed by atoms with Crippen molar-refractivity contribution in [3.05, 3.63) is 138 Å². The highest BCUT2D eigenvalue weighted by Gasteiger charge is 2.38. The minimum Gasteiger partial charge on any atom is -0.491 e. The zero-order valence-corrected chi connectivity index (χ0v) is 23.2. The van der Waals surface area contributed by atoms with E-state index in [1.54, 1.807) is 0 Å². The quantitative estimate of drug-likeness (QED) is 0.215. The Balaban J connectivity index is 1.20. The van der Waals surface area contributed by atoms with Crippen LogP contribution in [0.5, 0.6) is 11.5 Å². The Hall–Kier alpha value is -4.61. The number of benzene rings is 4. The monoisotopic (exact) mass is 544 g/mol. The van der Waals surface area contributed by atoms with Crippen molar-refractivity contribution in [1.82, 2.24) is 0 Å². The normalized spacial score (nSPS) is 21.0. The molecule has 0 radical (unpaired) electrons. The van der Waals surface area contributed by atoms with Crippen molar-refractivity contribution < 1.29 is 23.7 Å². The molecule has 5 nitrogen and oxygen atoms in total. The van der Waals surface area contributed by atoms with Gasteiger partial charge in [-0.1, -0.05) is 90.0 Å². The molecule has 6 rings (SSSR count). The maximum Gasteiger partial charge on any atom is 0.336 e. The van der Waals surface area contributed by atoms with Gasteiger partial charge in [-0.05, 0) is 60.9 Å². The Morgan fingerprint density at radius 2 is 1.37 bits per heavy atom. The van der Waals surface area contributed by atoms with Gasteiger partial charge in [0, 0.05) is 18.1 Å². The maximum absolute atomic E-state index is 12.4. The second-order valence-electron chi connectivity index (χ2n) is 10.5. The lowest BCUT2D eigenvalue weighted by Crippen LogP contribution is -2.32. The highest BCUT2D eigenvalue weighted by atomic mass is 16.6. The molecule has 2 aliphatic heterocycles. The molecule has 3 atom stereocenters. The number of aryl methyl sites for hydroxylation is 2. The van der Waals surface area contributed by atoms with Crippen molar-refractivity contribution in [3.8, 4) is 22.6 Å². The van der Waals surface area contributed by atoms with Gasteiger partial charge in [0.25, 0.3) is 0 Å². The fraction of sp³-hybridized carbons (Fsp3) is 0.194. The number of carbonyl (C=O) groups excluding carboxylic acids is 1. The van der Waals surface area contributed by atoms with Crippen LogP contribution in [0.15, 0.2) is 121 Å². The van der Waals surface area contributed by atoms with Crippen molar-refractivity contribution >= 4 is 11.5 Å². The number of ether oxygens (including phenoxy) is 4. The van der Waals surface area contributed by atoms with E-state index in [-0.39, 0.29) is 24.3 Å². The number of hydrogen-bond acceptors (Lipinski definition) is 5. The van der Waals surface area contributed by atoms with E-state index in [4.69, 9.17) is 18.9 Å². The summed E-state index contributed by atoms with van der Waals surface area (Å²) in [5.41, 5.74) is 6.24. The van der Waals surface area contributed by atoms with E-state index < -0.39 is 0 Å². The maximum atomic E-state index is 12.4. The van der Waals surface area contributed by atoms with Gasteiger partial charge >= 0.3 is 5.97 Å². The fourth-order valence-corrected chi connectivity index (χ4v) is 5.10. The summed E-state index contributed by atoms with van der Waals surface area (Å²) >= 11 is 0. The van der Waals surface area contributed by atoms with Crippen LogP contribution in [0.3, 0.4) is 0 Å². The lowest BCUT2D eigenvalue weighted by atomic mass is 9.99. The average Bonchev–Trinajstić information content (AvgIpc) is 3.56. The second-order valence-corrected chi connectivity index (χ2v) is 10.5. The number of carbonyl (C=O) groups is 1. The molecular weight excluding hydrogens is 512 g/mol. The standard InChI is InChI=1S/C36H32O5/c1-24-8-16-29(17-9-24)38-23-35-34(39-30-18-10-25(2)11-19-30)21-31(40-35)20-33-32(22-36(37)41-33)28-14-12-27(13-15-28)26-6-4-3-5-7-26/h3-20,22,31,34-35H,21,23H2,1-2H3/b33-20-/t31-,34-,35+/m0/s1. The molecule has 1 saturated heterocycles. The molecule has 206 valence electrons. The van der Waals surface area contributed by atoms with Gasteiger partial charge in [0.2, 0.25) is 0 Å². The van der Waals surface area contributed by atoms with Gasteiger partial charge in [0.05, 0.1) is 6.10 Å². The molecule has 2 heterocycles. The summed E-state index contributed by atoms with van der Waals surface area (Å²) in [6, 6.07) is 34.3. The van der Waals surface area contributed by atoms with Gasteiger partial charge in [-0.3, -0.25) is 0 Å². The Morgan fingerprint density at radius 1 is 0.756 bits per heavy atom. The van der Waals surface area contributed by atoms with Crippen LogP contribution in [0.25, 0.3) is 16.7 Å². The summed E-state index contributed by atoms with van der Waals surface area (Å²) in [6.07, 6.45) is 3.16. The van der Waals surface area contributed by atoms with E-state index in [0.29, 0.717) is 18.8 Å². The van der Waals surface area contributed by atoms with Crippen LogP contribution in [0.4, 0.5) is 0 Å². The van der Waals surface area contributed by atoms with E-state index in [9.17, 15) is 4.79 Å². The molecule has 0 amide bonds. The summed E-state index contributed by atoms with van der Waals surface area (Å²) in [5, 5.41) is 0. The van der Waals surface area contributed by atoms with Crippen LogP contribution in [0.1, 0.15) is 23.1 Å². The molecule has 0 N–H and O–H groups in total. The third-order valence-corrected chi connectivity index (χ3v) is 7.35. The van der Waals surface area contributed by atoms with E-state index in [1.807, 2.05) is 98.8 Å². The predicted molar refractivity (Wildman–Crippen MR) is 160 cm³/mol. The molecule has 0 aliphatic carbocycles. The summed E-state index contributed by atoms with van der Waals surface area (Å²) in [6.45, 7) is 4.43. The first-order valence-corrected chi connectivity index (χ1v) is 13.9. The Bertz CT molecular complexity index is 1550. The summed E-state index contributed by atoms with van der Waals surface area (Å²) < 4.78 is 24.5. The molecule has 41 heavy (non-hydrogen) atoms. The third kappa shape index (κ3) is 6.42. The molecule has 4 aromatic carbocycles. The minimum absolute atomic E-state index is 0.236. The summed E-state index contributed by atoms with van der Waals surface area (Å²) in [4.78, 5) is 12.4. The zero-order chi connectivity index (χ0) is 28.2. The third-order valence-electron chi connectivity index (χ3n) is 7.35. The van der Waals surface area contributed by atoms with Gasteiger partial charge in [0.1, 0.15) is 36.1 Å². The van der Waals surface area contributed by atoms with Gasteiger partial charge in [-0.15, -0.1) is 0 Å². The Morgan fingerprint density at radius 3 is 2.05 bits per heavy atom. The second kappa shape index (κ2) is 11.9. The number of allylic oxidation sites excluding steroid dienone is 1. The highest BCUT2D eigenvalue weighted by Crippen LogP contribution is 2.34. The Kier molecular flexibility index (Phi) is 7.70. The molecule has 4 aromatic rings. The van der Waals surface area contributed by atoms with Crippen LogP contribution in [0.2, 0.25) is 0 Å². The van der Waals surface area contributed by atoms with Crippen molar-refractivity contribution in [2.45, 2.75) is 38.6 Å². The lowest BCUT2D eigenvalue weighted by molar-refractivity contribution is -0.132. The Labute approximate surface area is 240 Å². The topological polar surface area (TPSA) is 54.0 Å². The number of hydrogen-bond donors (Lipinski definition) is 0. The zero-order valence-electron chi connectivity index (χ0n) is 23.2. The molecule has 1 fully saturated rings. The fourth-order valence-electron chi connectivity index (χ4n) is 5.10. The van der Waals surface area contributed by atoms with Crippen LogP contribution in [-0.4, -0.2) is 30.9 Å². The van der Waals surface area contributed by atoms with Crippen LogP contribution in [0, 0.1) is 13.8 Å². The van der Waals surface area contributed by atoms with Crippen molar-refractivity contribution in [3.63, 3.8) is 0 Å². The number of rotatable bonds is 8. The van der Waals surface area contributed by atoms with Crippen LogP contribution in [-0.2, 0) is 14.3 Å². The number of cyclic esters (lactones) is 1. The lowest BCUT2D eigenvalue weighted by Gasteiger charge is -2.20. The summed E-state index contributed by atoms with van der Waals surface area (Å²) in [7, 11) is 0. The molecule has 0 spiro atoms. The average molecular weight is 545 g/mol. The van der Waals surface area contributed by atoms with E-state index in [2.05, 4.69) is 24.3 Å². The van der Waals surface area contributed by atoms with E-state index >= 15 is 0 Å². The summed E-state index contributed by atoms with van der Waals surface area (Å²) in [5.74, 6) is 1.68. The molecule has 0 bridgehead atoms. The number of esters is 1. The molecule has 2 aliphatic rings. The first-order valence-electron chi connectivity index (χ1n) is 13.9. The smallest absolute Gasteiger partial charge is 0.336 e. The minimum atomic E-state index is -0.386. The van der Waals surface area contributed by atoms with Crippen LogP contribution < -0.4 is 9.47 Å². The first kappa shape index (κ1) is 26.6. The van der Waals surface area contributed by atoms with Crippen molar-refractivity contribution in [1.29, 1.82) is 0 Å².